The number of aromatic amines is 1. The van der Waals surface area contributed by atoms with Crippen molar-refractivity contribution in [1.82, 2.24) is 4.98 Å². The van der Waals surface area contributed by atoms with Gasteiger partial charge in [-0.15, -0.1) is 0 Å². The summed E-state index contributed by atoms with van der Waals surface area (Å²) < 4.78 is 0. The Bertz CT molecular complexity index is 420. The van der Waals surface area contributed by atoms with Gasteiger partial charge in [0.1, 0.15) is 0 Å². The maximum Gasteiger partial charge on any atom is 0.0460 e. The maximum absolute atomic E-state index is 5.55. The zero-order valence-corrected chi connectivity index (χ0v) is 8.14. The predicted molar refractivity (Wildman–Crippen MR) is 58.9 cm³/mol. The van der Waals surface area contributed by atoms with Crippen LogP contribution in [0.15, 0.2) is 24.4 Å². The van der Waals surface area contributed by atoms with Crippen molar-refractivity contribution < 1.29 is 0 Å². The van der Waals surface area contributed by atoms with Gasteiger partial charge in [-0.2, -0.15) is 12.6 Å². The van der Waals surface area contributed by atoms with Gasteiger partial charge in [0.25, 0.3) is 0 Å². The van der Waals surface area contributed by atoms with E-state index in [1.165, 1.54) is 10.9 Å². The fraction of sp³-hybridized carbons (Fsp3) is 0.200. The van der Waals surface area contributed by atoms with Crippen molar-refractivity contribution in [1.29, 1.82) is 0 Å². The molecule has 1 aromatic carbocycles. The van der Waals surface area contributed by atoms with E-state index < -0.39 is 0 Å². The Balaban J connectivity index is 2.61. The molecule has 0 unspecified atom stereocenters. The first-order chi connectivity index (χ1) is 6.35. The van der Waals surface area contributed by atoms with E-state index >= 15 is 0 Å². The molecule has 0 amide bonds. The normalized spacial score (nSPS) is 10.9. The van der Waals surface area contributed by atoms with Crippen LogP contribution in [0.1, 0.15) is 11.1 Å². The van der Waals surface area contributed by atoms with Crippen molar-refractivity contribution in [3.05, 3.63) is 35.5 Å². The van der Waals surface area contributed by atoms with E-state index in [9.17, 15) is 0 Å². The number of nitrogens with one attached hydrogen (secondary N) is 1. The lowest BCUT2D eigenvalue weighted by Gasteiger charge is -1.97. The summed E-state index contributed by atoms with van der Waals surface area (Å²) in [6, 6.07) is 6.24. The first-order valence-corrected chi connectivity index (χ1v) is 4.88. The van der Waals surface area contributed by atoms with Crippen molar-refractivity contribution in [3.63, 3.8) is 0 Å². The molecule has 0 radical (unpaired) electrons. The van der Waals surface area contributed by atoms with Crippen molar-refractivity contribution in [2.75, 3.05) is 0 Å². The third kappa shape index (κ3) is 1.45. The molecule has 3 heteroatoms. The number of H-pyrrole nitrogens is 1. The number of benzene rings is 1. The number of hydrogen-bond acceptors (Lipinski definition) is 2. The predicted octanol–water partition coefficient (Wildman–Crippen LogP) is 2.06. The summed E-state index contributed by atoms with van der Waals surface area (Å²) in [6.07, 6.45) is 2.00. The lowest BCUT2D eigenvalue weighted by Crippen LogP contribution is -1.95. The van der Waals surface area contributed by atoms with E-state index in [-0.39, 0.29) is 0 Å². The quantitative estimate of drug-likeness (QED) is 0.626. The van der Waals surface area contributed by atoms with Crippen LogP contribution >= 0.6 is 12.6 Å². The van der Waals surface area contributed by atoms with Crippen molar-refractivity contribution in [3.8, 4) is 0 Å². The van der Waals surface area contributed by atoms with Crippen LogP contribution in [-0.2, 0) is 12.3 Å². The van der Waals surface area contributed by atoms with Crippen LogP contribution in [0.4, 0.5) is 0 Å². The van der Waals surface area contributed by atoms with Crippen molar-refractivity contribution in [2.45, 2.75) is 12.3 Å². The molecular formula is C10H12N2S. The highest BCUT2D eigenvalue weighted by Gasteiger charge is 2.01. The molecule has 0 fully saturated rings. The number of hydrogen-bond donors (Lipinski definition) is 3. The fourth-order valence-electron chi connectivity index (χ4n) is 1.49. The number of thiol groups is 1. The third-order valence-electron chi connectivity index (χ3n) is 2.24. The molecule has 0 bridgehead atoms. The summed E-state index contributed by atoms with van der Waals surface area (Å²) in [4.78, 5) is 3.21. The molecule has 0 saturated heterocycles. The molecule has 0 spiro atoms. The second-order valence-corrected chi connectivity index (χ2v) is 3.37. The minimum absolute atomic E-state index is 0.588. The van der Waals surface area contributed by atoms with E-state index in [4.69, 9.17) is 5.73 Å². The first kappa shape index (κ1) is 8.66. The zero-order valence-electron chi connectivity index (χ0n) is 7.25. The highest BCUT2D eigenvalue weighted by atomic mass is 32.1. The van der Waals surface area contributed by atoms with Gasteiger partial charge in [-0.1, -0.05) is 12.1 Å². The SMILES string of the molecule is NCc1ccc2c(CS)c[nH]c2c1. The molecule has 13 heavy (non-hydrogen) atoms. The number of rotatable bonds is 2. The number of fused-ring (bicyclic) bond motifs is 1. The van der Waals surface area contributed by atoms with Crippen LogP contribution in [0.2, 0.25) is 0 Å². The molecule has 1 aromatic heterocycles. The standard InChI is InChI=1S/C10H12N2S/c11-4-7-1-2-9-8(6-13)5-12-10(9)3-7/h1-3,5,12-13H,4,6,11H2. The minimum Gasteiger partial charge on any atom is -0.361 e. The van der Waals surface area contributed by atoms with Gasteiger partial charge in [0.05, 0.1) is 0 Å². The average molecular weight is 192 g/mol. The van der Waals surface area contributed by atoms with Crippen LogP contribution in [0.25, 0.3) is 10.9 Å². The highest BCUT2D eigenvalue weighted by molar-refractivity contribution is 7.79. The highest BCUT2D eigenvalue weighted by Crippen LogP contribution is 2.20. The van der Waals surface area contributed by atoms with Crippen LogP contribution < -0.4 is 5.73 Å². The third-order valence-corrected chi connectivity index (χ3v) is 2.58. The maximum atomic E-state index is 5.55. The van der Waals surface area contributed by atoms with Gasteiger partial charge in [-0.25, -0.2) is 0 Å². The molecule has 1 heterocycles. The summed E-state index contributed by atoms with van der Waals surface area (Å²) in [7, 11) is 0. The summed E-state index contributed by atoms with van der Waals surface area (Å²) in [5.41, 5.74) is 9.09. The van der Waals surface area contributed by atoms with Gasteiger partial charge in [0.2, 0.25) is 0 Å². The Labute approximate surface area is 82.5 Å². The fourth-order valence-corrected chi connectivity index (χ4v) is 1.75. The van der Waals surface area contributed by atoms with Crippen LogP contribution in [0, 0.1) is 0 Å². The lowest BCUT2D eigenvalue weighted by atomic mass is 10.1. The van der Waals surface area contributed by atoms with Crippen molar-refractivity contribution in [2.24, 2.45) is 5.73 Å². The van der Waals surface area contributed by atoms with Gasteiger partial charge in [-0.3, -0.25) is 0 Å². The summed E-state index contributed by atoms with van der Waals surface area (Å²) in [6.45, 7) is 0.588. The minimum atomic E-state index is 0.588. The first-order valence-electron chi connectivity index (χ1n) is 4.25. The number of aromatic nitrogens is 1. The Hall–Kier alpha value is -0.930. The Morgan fingerprint density at radius 3 is 2.92 bits per heavy atom. The van der Waals surface area contributed by atoms with Gasteiger partial charge in [0.15, 0.2) is 0 Å². The topological polar surface area (TPSA) is 41.8 Å². The van der Waals surface area contributed by atoms with Crippen molar-refractivity contribution >= 4 is 23.5 Å². The molecule has 0 aliphatic rings. The largest absolute Gasteiger partial charge is 0.361 e. The molecule has 68 valence electrons. The molecule has 2 nitrogen and oxygen atoms in total. The average Bonchev–Trinajstić information content (AvgIpc) is 2.59. The van der Waals surface area contributed by atoms with Crippen LogP contribution in [0.5, 0.6) is 0 Å². The Kier molecular flexibility index (Phi) is 2.29. The summed E-state index contributed by atoms with van der Waals surface area (Å²) in [5, 5.41) is 1.24. The van der Waals surface area contributed by atoms with Gasteiger partial charge < -0.3 is 10.7 Å². The van der Waals surface area contributed by atoms with E-state index in [2.05, 4.69) is 35.8 Å². The van der Waals surface area contributed by atoms with E-state index in [0.717, 1.165) is 16.8 Å². The Morgan fingerprint density at radius 1 is 1.38 bits per heavy atom. The molecule has 2 aromatic rings. The smallest absolute Gasteiger partial charge is 0.0460 e. The lowest BCUT2D eigenvalue weighted by molar-refractivity contribution is 1.07. The van der Waals surface area contributed by atoms with Gasteiger partial charge in [-0.05, 0) is 17.2 Å². The molecule has 2 rings (SSSR count). The van der Waals surface area contributed by atoms with E-state index in [0.29, 0.717) is 6.54 Å². The molecule has 0 atom stereocenters. The van der Waals surface area contributed by atoms with Gasteiger partial charge in [0, 0.05) is 29.4 Å². The van der Waals surface area contributed by atoms with E-state index in [1.54, 1.807) is 0 Å². The summed E-state index contributed by atoms with van der Waals surface area (Å²) in [5.74, 6) is 0.766. The molecule has 0 aliphatic heterocycles. The molecule has 3 N–H and O–H groups in total. The molecule has 0 aliphatic carbocycles. The monoisotopic (exact) mass is 192 g/mol. The van der Waals surface area contributed by atoms with Crippen LogP contribution in [-0.4, -0.2) is 4.98 Å². The zero-order chi connectivity index (χ0) is 9.26. The van der Waals surface area contributed by atoms with Gasteiger partial charge >= 0.3 is 0 Å². The number of nitrogens with two attached hydrogens (primary N) is 1. The molecule has 0 saturated carbocycles. The van der Waals surface area contributed by atoms with E-state index in [1.807, 2.05) is 6.20 Å². The summed E-state index contributed by atoms with van der Waals surface area (Å²) >= 11 is 4.26. The van der Waals surface area contributed by atoms with Crippen LogP contribution in [0.3, 0.4) is 0 Å². The second-order valence-electron chi connectivity index (χ2n) is 3.06. The molecular weight excluding hydrogens is 180 g/mol. The second kappa shape index (κ2) is 3.44. The Morgan fingerprint density at radius 2 is 2.23 bits per heavy atom.